The van der Waals surface area contributed by atoms with Crippen LogP contribution in [0.15, 0.2) is 71.7 Å². The molecule has 0 amide bonds. The van der Waals surface area contributed by atoms with Crippen molar-refractivity contribution in [2.45, 2.75) is 53.0 Å². The number of nitrogens with zero attached hydrogens (tertiary/aromatic N) is 1. The first-order valence-electron chi connectivity index (χ1n) is 10.5. The quantitative estimate of drug-likeness (QED) is 0.321. The Labute approximate surface area is 181 Å². The minimum absolute atomic E-state index is 0.00727. The van der Waals surface area contributed by atoms with Crippen molar-refractivity contribution in [3.8, 4) is 23.5 Å². The normalized spacial score (nSPS) is 13.0. The van der Waals surface area contributed by atoms with Crippen LogP contribution in [0.1, 0.15) is 68.5 Å². The predicted octanol–water partition coefficient (Wildman–Crippen LogP) is 7.51. The fraction of sp³-hybridized carbons (Fsp3) is 0.276. The molecule has 3 aromatic rings. The first kappa shape index (κ1) is 21.6. The molecule has 0 aliphatic carbocycles. The predicted molar refractivity (Wildman–Crippen MR) is 130 cm³/mol. The number of aliphatic imine (C=N–C) groups is 1. The Morgan fingerprint density at radius 1 is 0.967 bits per heavy atom. The van der Waals surface area contributed by atoms with Gasteiger partial charge in [-0.1, -0.05) is 81.3 Å². The summed E-state index contributed by atoms with van der Waals surface area (Å²) in [6.45, 7) is 13.1. The molecular formula is C29H31N. The molecule has 0 heterocycles. The number of aryl methyl sites for hydroxylation is 1. The highest BCUT2D eigenvalue weighted by Gasteiger charge is 2.20. The standard InChI is InChI=1S/C29H31N/c1-8-25-27(22(4)30-21(3)26-17-13-12-14-20(26)2)18-24(29(5,6)7)19-28(25)23-15-10-9-11-16-23/h1,9-19,21H,2-7H3/b30-22+. The van der Waals surface area contributed by atoms with E-state index in [9.17, 15) is 0 Å². The number of benzene rings is 3. The molecule has 0 aliphatic rings. The number of hydrogen-bond acceptors (Lipinski definition) is 1. The van der Waals surface area contributed by atoms with Crippen LogP contribution in [-0.2, 0) is 5.41 Å². The maximum absolute atomic E-state index is 6.05. The molecule has 1 heteroatoms. The van der Waals surface area contributed by atoms with E-state index >= 15 is 0 Å². The Bertz CT molecular complexity index is 1110. The zero-order valence-electron chi connectivity index (χ0n) is 19.0. The molecule has 0 saturated carbocycles. The van der Waals surface area contributed by atoms with E-state index in [1.165, 1.54) is 16.7 Å². The minimum atomic E-state index is 0.00727. The first-order chi connectivity index (χ1) is 14.2. The summed E-state index contributed by atoms with van der Waals surface area (Å²) in [5, 5.41) is 0. The Morgan fingerprint density at radius 2 is 1.60 bits per heavy atom. The number of terminal acetylenes is 1. The van der Waals surface area contributed by atoms with Crippen molar-refractivity contribution in [2.24, 2.45) is 4.99 Å². The van der Waals surface area contributed by atoms with Crippen molar-refractivity contribution in [1.82, 2.24) is 0 Å². The second-order valence-electron chi connectivity index (χ2n) is 8.95. The lowest BCUT2D eigenvalue weighted by Crippen LogP contribution is -2.14. The summed E-state index contributed by atoms with van der Waals surface area (Å²) in [5.74, 6) is 2.97. The third-order valence-electron chi connectivity index (χ3n) is 5.65. The molecule has 0 aromatic heterocycles. The van der Waals surface area contributed by atoms with Gasteiger partial charge in [0.1, 0.15) is 0 Å². The molecule has 3 aromatic carbocycles. The Hall–Kier alpha value is -3.11. The van der Waals surface area contributed by atoms with Gasteiger partial charge in [-0.15, -0.1) is 6.42 Å². The van der Waals surface area contributed by atoms with Gasteiger partial charge in [-0.3, -0.25) is 4.99 Å². The van der Waals surface area contributed by atoms with Gasteiger partial charge in [0.05, 0.1) is 6.04 Å². The van der Waals surface area contributed by atoms with E-state index < -0.39 is 0 Å². The Morgan fingerprint density at radius 3 is 2.20 bits per heavy atom. The molecule has 0 fully saturated rings. The molecule has 152 valence electrons. The van der Waals surface area contributed by atoms with Crippen molar-refractivity contribution in [2.75, 3.05) is 0 Å². The van der Waals surface area contributed by atoms with Gasteiger partial charge < -0.3 is 0 Å². The summed E-state index contributed by atoms with van der Waals surface area (Å²) in [5.41, 5.74) is 8.93. The first-order valence-corrected chi connectivity index (χ1v) is 10.5. The summed E-state index contributed by atoms with van der Waals surface area (Å²) in [6.07, 6.45) is 6.05. The molecule has 1 atom stereocenters. The molecule has 1 unspecified atom stereocenters. The van der Waals surface area contributed by atoms with E-state index in [4.69, 9.17) is 11.4 Å². The monoisotopic (exact) mass is 393 g/mol. The van der Waals surface area contributed by atoms with E-state index in [0.29, 0.717) is 0 Å². The van der Waals surface area contributed by atoms with Crippen LogP contribution in [0.5, 0.6) is 0 Å². The molecule has 0 N–H and O–H groups in total. The second kappa shape index (κ2) is 8.72. The second-order valence-corrected chi connectivity index (χ2v) is 8.95. The van der Waals surface area contributed by atoms with Crippen molar-refractivity contribution in [1.29, 1.82) is 0 Å². The van der Waals surface area contributed by atoms with Crippen molar-refractivity contribution in [3.63, 3.8) is 0 Å². The third kappa shape index (κ3) is 4.55. The SMILES string of the molecule is C#Cc1c(/C(C)=N/C(C)c2ccccc2C)cc(C(C)(C)C)cc1-c1ccccc1. The largest absolute Gasteiger partial charge is 0.282 e. The van der Waals surface area contributed by atoms with Crippen LogP contribution in [0, 0.1) is 19.3 Å². The van der Waals surface area contributed by atoms with Gasteiger partial charge in [0.25, 0.3) is 0 Å². The lowest BCUT2D eigenvalue weighted by molar-refractivity contribution is 0.590. The lowest BCUT2D eigenvalue weighted by atomic mass is 9.81. The summed E-state index contributed by atoms with van der Waals surface area (Å²) in [6, 6.07) is 23.3. The van der Waals surface area contributed by atoms with E-state index in [-0.39, 0.29) is 11.5 Å². The smallest absolute Gasteiger partial charge is 0.0726 e. The number of rotatable bonds is 4. The lowest BCUT2D eigenvalue weighted by Gasteiger charge is -2.23. The highest BCUT2D eigenvalue weighted by molar-refractivity contribution is 6.03. The molecule has 1 nitrogen and oxygen atoms in total. The van der Waals surface area contributed by atoms with Crippen molar-refractivity contribution < 1.29 is 0 Å². The van der Waals surface area contributed by atoms with Crippen LogP contribution in [0.25, 0.3) is 11.1 Å². The average molecular weight is 394 g/mol. The summed E-state index contributed by atoms with van der Waals surface area (Å²) >= 11 is 0. The summed E-state index contributed by atoms with van der Waals surface area (Å²) in [7, 11) is 0. The zero-order valence-corrected chi connectivity index (χ0v) is 19.0. The minimum Gasteiger partial charge on any atom is -0.282 e. The molecule has 0 aliphatic heterocycles. The van der Waals surface area contributed by atoms with E-state index in [1.807, 2.05) is 6.07 Å². The fourth-order valence-corrected chi connectivity index (χ4v) is 3.85. The van der Waals surface area contributed by atoms with Gasteiger partial charge in [0.2, 0.25) is 0 Å². The Kier molecular flexibility index (Phi) is 6.28. The Balaban J connectivity index is 2.20. The fourth-order valence-electron chi connectivity index (χ4n) is 3.85. The van der Waals surface area contributed by atoms with Crippen LogP contribution in [-0.4, -0.2) is 5.71 Å². The van der Waals surface area contributed by atoms with Gasteiger partial charge in [0, 0.05) is 16.8 Å². The molecular weight excluding hydrogens is 362 g/mol. The van der Waals surface area contributed by atoms with Crippen LogP contribution in [0.3, 0.4) is 0 Å². The van der Waals surface area contributed by atoms with Crippen LogP contribution in [0.4, 0.5) is 0 Å². The maximum Gasteiger partial charge on any atom is 0.0726 e. The summed E-state index contributed by atoms with van der Waals surface area (Å²) in [4.78, 5) is 5.07. The highest BCUT2D eigenvalue weighted by atomic mass is 14.8. The number of hydrogen-bond donors (Lipinski definition) is 0. The molecule has 0 spiro atoms. The maximum atomic E-state index is 6.05. The zero-order chi connectivity index (χ0) is 21.9. The van der Waals surface area contributed by atoms with Gasteiger partial charge in [-0.05, 0) is 66.1 Å². The third-order valence-corrected chi connectivity index (χ3v) is 5.65. The highest BCUT2D eigenvalue weighted by Crippen LogP contribution is 2.33. The van der Waals surface area contributed by atoms with Crippen LogP contribution in [0.2, 0.25) is 0 Å². The molecule has 30 heavy (non-hydrogen) atoms. The average Bonchev–Trinajstić information content (AvgIpc) is 2.72. The van der Waals surface area contributed by atoms with Gasteiger partial charge in [-0.25, -0.2) is 0 Å². The molecule has 0 radical (unpaired) electrons. The topological polar surface area (TPSA) is 12.4 Å². The summed E-state index contributed by atoms with van der Waals surface area (Å²) < 4.78 is 0. The van der Waals surface area contributed by atoms with Crippen LogP contribution < -0.4 is 0 Å². The molecule has 0 bridgehead atoms. The van der Waals surface area contributed by atoms with Gasteiger partial charge >= 0.3 is 0 Å². The molecule has 0 saturated heterocycles. The van der Waals surface area contributed by atoms with E-state index in [0.717, 1.165) is 28.0 Å². The van der Waals surface area contributed by atoms with Crippen molar-refractivity contribution >= 4 is 5.71 Å². The van der Waals surface area contributed by atoms with E-state index in [1.54, 1.807) is 0 Å². The van der Waals surface area contributed by atoms with Crippen LogP contribution >= 0.6 is 0 Å². The molecule has 3 rings (SSSR count). The van der Waals surface area contributed by atoms with Gasteiger partial charge in [-0.2, -0.15) is 0 Å². The van der Waals surface area contributed by atoms with Crippen molar-refractivity contribution in [3.05, 3.63) is 94.5 Å². The van der Waals surface area contributed by atoms with Gasteiger partial charge in [0.15, 0.2) is 0 Å². The van der Waals surface area contributed by atoms with E-state index in [2.05, 4.69) is 108 Å².